The van der Waals surface area contributed by atoms with Gasteiger partial charge < -0.3 is 10.1 Å². The van der Waals surface area contributed by atoms with Gasteiger partial charge in [0.15, 0.2) is 5.78 Å². The van der Waals surface area contributed by atoms with Crippen LogP contribution in [0.3, 0.4) is 0 Å². The molecule has 0 radical (unpaired) electrons. The monoisotopic (exact) mass is 255 g/mol. The summed E-state index contributed by atoms with van der Waals surface area (Å²) in [6, 6.07) is -0.418. The molecule has 0 spiro atoms. The van der Waals surface area contributed by atoms with Crippen molar-refractivity contribution in [1.82, 2.24) is 5.32 Å². The van der Waals surface area contributed by atoms with Crippen molar-refractivity contribution in [2.45, 2.75) is 59.1 Å². The highest BCUT2D eigenvalue weighted by Gasteiger charge is 2.50. The summed E-state index contributed by atoms with van der Waals surface area (Å²) in [7, 11) is 0. The molecule has 18 heavy (non-hydrogen) atoms. The van der Waals surface area contributed by atoms with Gasteiger partial charge in [0.1, 0.15) is 5.60 Å². The van der Waals surface area contributed by atoms with E-state index < -0.39 is 11.6 Å². The third-order valence-corrected chi connectivity index (χ3v) is 3.50. The standard InChI is InChI=1S/C14H25NO3/c1-6-10(4)13(17)15-11(7-9(2)3)12(16)14(5)8-18-14/h9-11H,6-8H2,1-5H3,(H,15,17). The molecule has 0 aromatic rings. The zero-order valence-electron chi connectivity index (χ0n) is 12.1. The smallest absolute Gasteiger partial charge is 0.223 e. The summed E-state index contributed by atoms with van der Waals surface area (Å²) in [5, 5.41) is 2.88. The van der Waals surface area contributed by atoms with E-state index in [0.29, 0.717) is 18.9 Å². The summed E-state index contributed by atoms with van der Waals surface area (Å²) in [6.45, 7) is 10.2. The van der Waals surface area contributed by atoms with Gasteiger partial charge in [-0.2, -0.15) is 0 Å². The first-order chi connectivity index (χ1) is 8.30. The summed E-state index contributed by atoms with van der Waals surface area (Å²) in [5.41, 5.74) is -0.664. The summed E-state index contributed by atoms with van der Waals surface area (Å²) < 4.78 is 5.19. The van der Waals surface area contributed by atoms with Gasteiger partial charge >= 0.3 is 0 Å². The third kappa shape index (κ3) is 3.80. The van der Waals surface area contributed by atoms with Crippen LogP contribution < -0.4 is 5.32 Å². The highest BCUT2D eigenvalue weighted by atomic mass is 16.6. The molecule has 4 heteroatoms. The van der Waals surface area contributed by atoms with Crippen molar-refractivity contribution >= 4 is 11.7 Å². The minimum Gasteiger partial charge on any atom is -0.361 e. The van der Waals surface area contributed by atoms with Crippen LogP contribution in [-0.2, 0) is 14.3 Å². The minimum atomic E-state index is -0.664. The second-order valence-electron chi connectivity index (χ2n) is 5.88. The summed E-state index contributed by atoms with van der Waals surface area (Å²) >= 11 is 0. The van der Waals surface area contributed by atoms with Gasteiger partial charge in [0.2, 0.25) is 5.91 Å². The van der Waals surface area contributed by atoms with Crippen LogP contribution in [0, 0.1) is 11.8 Å². The van der Waals surface area contributed by atoms with Crippen LogP contribution in [0.2, 0.25) is 0 Å². The fourth-order valence-electron chi connectivity index (χ4n) is 1.82. The van der Waals surface area contributed by atoms with E-state index in [1.165, 1.54) is 0 Å². The molecule has 0 bridgehead atoms. The molecule has 1 N–H and O–H groups in total. The third-order valence-electron chi connectivity index (χ3n) is 3.50. The number of amides is 1. The Bertz CT molecular complexity index is 321. The Hall–Kier alpha value is -0.900. The molecule has 3 unspecified atom stereocenters. The molecule has 104 valence electrons. The zero-order chi connectivity index (χ0) is 13.9. The average Bonchev–Trinajstić information content (AvgIpc) is 3.04. The lowest BCUT2D eigenvalue weighted by Gasteiger charge is -2.22. The maximum Gasteiger partial charge on any atom is 0.223 e. The number of nitrogens with one attached hydrogen (secondary N) is 1. The number of Topliss-reactive ketones (excluding diaryl/α,β-unsaturated/α-hetero) is 1. The molecule has 1 aliphatic heterocycles. The van der Waals surface area contributed by atoms with Crippen molar-refractivity contribution < 1.29 is 14.3 Å². The number of carbonyl (C=O) groups is 2. The average molecular weight is 255 g/mol. The van der Waals surface area contributed by atoms with E-state index in [-0.39, 0.29) is 17.6 Å². The number of ketones is 1. The zero-order valence-corrected chi connectivity index (χ0v) is 12.1. The van der Waals surface area contributed by atoms with Crippen LogP contribution in [0.25, 0.3) is 0 Å². The predicted molar refractivity (Wildman–Crippen MR) is 70.2 cm³/mol. The van der Waals surface area contributed by atoms with E-state index in [4.69, 9.17) is 4.74 Å². The molecular weight excluding hydrogens is 230 g/mol. The molecule has 0 saturated carbocycles. The second-order valence-corrected chi connectivity index (χ2v) is 5.88. The lowest BCUT2D eigenvalue weighted by atomic mass is 9.93. The molecule has 3 atom stereocenters. The number of ether oxygens (including phenoxy) is 1. The molecule has 1 saturated heterocycles. The molecular formula is C14H25NO3. The number of carbonyl (C=O) groups excluding carboxylic acids is 2. The summed E-state index contributed by atoms with van der Waals surface area (Å²) in [5.74, 6) is 0.271. The van der Waals surface area contributed by atoms with Crippen LogP contribution in [-0.4, -0.2) is 29.9 Å². The number of epoxide rings is 1. The Kier molecular flexibility index (Phi) is 4.91. The number of hydrogen-bond donors (Lipinski definition) is 1. The van der Waals surface area contributed by atoms with Gasteiger partial charge in [-0.25, -0.2) is 0 Å². The first-order valence-electron chi connectivity index (χ1n) is 6.78. The molecule has 0 aromatic heterocycles. The quantitative estimate of drug-likeness (QED) is 0.707. The van der Waals surface area contributed by atoms with E-state index in [0.717, 1.165) is 6.42 Å². The van der Waals surface area contributed by atoms with Crippen molar-refractivity contribution in [2.75, 3.05) is 6.61 Å². The predicted octanol–water partition coefficient (Wildman–Crippen LogP) is 1.92. The largest absolute Gasteiger partial charge is 0.361 e. The molecule has 1 heterocycles. The van der Waals surface area contributed by atoms with Gasteiger partial charge in [0.25, 0.3) is 0 Å². The van der Waals surface area contributed by atoms with E-state index in [1.807, 2.05) is 27.7 Å². The first kappa shape index (κ1) is 15.2. The van der Waals surface area contributed by atoms with Gasteiger partial charge in [-0.3, -0.25) is 9.59 Å². The van der Waals surface area contributed by atoms with Crippen LogP contribution in [0.1, 0.15) is 47.5 Å². The summed E-state index contributed by atoms with van der Waals surface area (Å²) in [6.07, 6.45) is 1.45. The van der Waals surface area contributed by atoms with Crippen LogP contribution in [0.4, 0.5) is 0 Å². The lowest BCUT2D eigenvalue weighted by Crippen LogP contribution is -2.48. The van der Waals surface area contributed by atoms with Crippen molar-refractivity contribution in [3.05, 3.63) is 0 Å². The highest BCUT2D eigenvalue weighted by Crippen LogP contribution is 2.29. The van der Waals surface area contributed by atoms with Crippen molar-refractivity contribution in [3.8, 4) is 0 Å². The first-order valence-corrected chi connectivity index (χ1v) is 6.78. The lowest BCUT2D eigenvalue weighted by molar-refractivity contribution is -0.132. The van der Waals surface area contributed by atoms with Crippen molar-refractivity contribution in [3.63, 3.8) is 0 Å². The van der Waals surface area contributed by atoms with Crippen molar-refractivity contribution in [1.29, 1.82) is 0 Å². The number of rotatable bonds is 7. The van der Waals surface area contributed by atoms with E-state index >= 15 is 0 Å². The minimum absolute atomic E-state index is 0.00727. The molecule has 1 aliphatic rings. The normalized spacial score (nSPS) is 25.7. The molecule has 4 nitrogen and oxygen atoms in total. The van der Waals surface area contributed by atoms with Crippen LogP contribution >= 0.6 is 0 Å². The molecule has 1 rings (SSSR count). The van der Waals surface area contributed by atoms with Crippen LogP contribution in [0.15, 0.2) is 0 Å². The molecule has 0 aromatic carbocycles. The topological polar surface area (TPSA) is 58.7 Å². The molecule has 0 aliphatic carbocycles. The Balaban J connectivity index is 2.66. The van der Waals surface area contributed by atoms with Gasteiger partial charge in [0.05, 0.1) is 12.6 Å². The molecule has 1 fully saturated rings. The van der Waals surface area contributed by atoms with Gasteiger partial charge in [-0.05, 0) is 25.7 Å². The second kappa shape index (κ2) is 5.83. The van der Waals surface area contributed by atoms with Crippen molar-refractivity contribution in [2.24, 2.45) is 11.8 Å². The van der Waals surface area contributed by atoms with E-state index in [2.05, 4.69) is 5.32 Å². The Morgan fingerprint density at radius 2 is 1.89 bits per heavy atom. The fourth-order valence-corrected chi connectivity index (χ4v) is 1.82. The fraction of sp³-hybridized carbons (Fsp3) is 0.857. The Labute approximate surface area is 109 Å². The van der Waals surface area contributed by atoms with E-state index in [9.17, 15) is 9.59 Å². The van der Waals surface area contributed by atoms with Crippen LogP contribution in [0.5, 0.6) is 0 Å². The summed E-state index contributed by atoms with van der Waals surface area (Å²) in [4.78, 5) is 24.2. The Morgan fingerprint density at radius 1 is 1.33 bits per heavy atom. The van der Waals surface area contributed by atoms with E-state index in [1.54, 1.807) is 6.92 Å². The Morgan fingerprint density at radius 3 is 2.28 bits per heavy atom. The highest BCUT2D eigenvalue weighted by molar-refractivity contribution is 5.96. The SMILES string of the molecule is CCC(C)C(=O)NC(CC(C)C)C(=O)C1(C)CO1. The number of hydrogen-bond acceptors (Lipinski definition) is 3. The van der Waals surface area contributed by atoms with Gasteiger partial charge in [0, 0.05) is 5.92 Å². The van der Waals surface area contributed by atoms with Gasteiger partial charge in [-0.15, -0.1) is 0 Å². The van der Waals surface area contributed by atoms with Gasteiger partial charge in [-0.1, -0.05) is 27.7 Å². The maximum atomic E-state index is 12.3. The maximum absolute atomic E-state index is 12.3. The molecule has 1 amide bonds.